The Hall–Kier alpha value is -1.40. The molecule has 3 rings (SSSR count). The van der Waals surface area contributed by atoms with E-state index in [9.17, 15) is 8.42 Å². The highest BCUT2D eigenvalue weighted by atomic mass is 32.2. The molecule has 0 aliphatic carbocycles. The number of H-pyrrole nitrogens is 1. The zero-order valence-electron chi connectivity index (χ0n) is 11.0. The SMILES string of the molecule is CC1NCCC1c1nc2c(S(C)(=O)=O)cccc2[nH]1. The fraction of sp³-hybridized carbons (Fsp3) is 0.462. The van der Waals surface area contributed by atoms with Crippen LogP contribution >= 0.6 is 0 Å². The summed E-state index contributed by atoms with van der Waals surface area (Å²) in [5, 5.41) is 3.38. The van der Waals surface area contributed by atoms with Gasteiger partial charge in [0.15, 0.2) is 9.84 Å². The molecule has 1 fully saturated rings. The van der Waals surface area contributed by atoms with E-state index in [2.05, 4.69) is 22.2 Å². The minimum atomic E-state index is -3.25. The summed E-state index contributed by atoms with van der Waals surface area (Å²) >= 11 is 0. The van der Waals surface area contributed by atoms with Crippen LogP contribution in [-0.4, -0.2) is 37.2 Å². The van der Waals surface area contributed by atoms with Gasteiger partial charge in [0.2, 0.25) is 0 Å². The van der Waals surface area contributed by atoms with E-state index in [1.165, 1.54) is 6.26 Å². The number of nitrogens with zero attached hydrogens (tertiary/aromatic N) is 1. The fourth-order valence-corrected chi connectivity index (χ4v) is 3.56. The van der Waals surface area contributed by atoms with Crippen LogP contribution in [0.2, 0.25) is 0 Å². The van der Waals surface area contributed by atoms with Gasteiger partial charge >= 0.3 is 0 Å². The second kappa shape index (κ2) is 4.31. The summed E-state index contributed by atoms with van der Waals surface area (Å²) in [4.78, 5) is 8.10. The molecule has 0 saturated carbocycles. The van der Waals surface area contributed by atoms with Crippen molar-refractivity contribution in [1.29, 1.82) is 0 Å². The molecule has 1 saturated heterocycles. The second-order valence-corrected chi connectivity index (χ2v) is 7.17. The molecule has 1 aliphatic rings. The Balaban J connectivity index is 2.16. The molecule has 102 valence electrons. The van der Waals surface area contributed by atoms with E-state index in [1.807, 2.05) is 6.07 Å². The van der Waals surface area contributed by atoms with Crippen LogP contribution < -0.4 is 5.32 Å². The first-order valence-electron chi connectivity index (χ1n) is 6.39. The maximum Gasteiger partial charge on any atom is 0.177 e. The number of imidazole rings is 1. The van der Waals surface area contributed by atoms with E-state index in [0.717, 1.165) is 24.3 Å². The molecule has 0 amide bonds. The van der Waals surface area contributed by atoms with Gasteiger partial charge in [0.1, 0.15) is 11.3 Å². The fourth-order valence-electron chi connectivity index (χ4n) is 2.73. The Labute approximate surface area is 112 Å². The molecule has 1 aromatic heterocycles. The minimum absolute atomic E-state index is 0.297. The number of aromatic nitrogens is 2. The lowest BCUT2D eigenvalue weighted by atomic mass is 10.0. The van der Waals surface area contributed by atoms with Crippen LogP contribution in [0.4, 0.5) is 0 Å². The molecule has 2 N–H and O–H groups in total. The van der Waals surface area contributed by atoms with Crippen molar-refractivity contribution in [2.24, 2.45) is 0 Å². The summed E-state index contributed by atoms with van der Waals surface area (Å²) in [6.07, 6.45) is 2.24. The van der Waals surface area contributed by atoms with Crippen LogP contribution in [-0.2, 0) is 9.84 Å². The minimum Gasteiger partial charge on any atom is -0.342 e. The molecule has 5 nitrogen and oxygen atoms in total. The summed E-state index contributed by atoms with van der Waals surface area (Å²) < 4.78 is 23.6. The van der Waals surface area contributed by atoms with Crippen LogP contribution in [0.15, 0.2) is 23.1 Å². The number of sulfone groups is 1. The van der Waals surface area contributed by atoms with E-state index in [-0.39, 0.29) is 0 Å². The van der Waals surface area contributed by atoms with Gasteiger partial charge in [0.25, 0.3) is 0 Å². The van der Waals surface area contributed by atoms with Gasteiger partial charge in [0, 0.05) is 18.2 Å². The van der Waals surface area contributed by atoms with E-state index in [0.29, 0.717) is 22.4 Å². The zero-order chi connectivity index (χ0) is 13.6. The Kier molecular flexibility index (Phi) is 2.87. The van der Waals surface area contributed by atoms with E-state index >= 15 is 0 Å². The summed E-state index contributed by atoms with van der Waals surface area (Å²) in [5.74, 6) is 1.20. The zero-order valence-corrected chi connectivity index (χ0v) is 11.8. The highest BCUT2D eigenvalue weighted by Gasteiger charge is 2.27. The molecule has 2 atom stereocenters. The Morgan fingerprint density at radius 1 is 1.37 bits per heavy atom. The molecule has 6 heteroatoms. The van der Waals surface area contributed by atoms with Crippen LogP contribution in [0.3, 0.4) is 0 Å². The first-order chi connectivity index (χ1) is 8.97. The average Bonchev–Trinajstić information content (AvgIpc) is 2.91. The van der Waals surface area contributed by atoms with E-state index in [1.54, 1.807) is 12.1 Å². The van der Waals surface area contributed by atoms with Crippen LogP contribution in [0.5, 0.6) is 0 Å². The Morgan fingerprint density at radius 3 is 2.79 bits per heavy atom. The number of para-hydroxylation sites is 1. The van der Waals surface area contributed by atoms with Crippen molar-refractivity contribution >= 4 is 20.9 Å². The lowest BCUT2D eigenvalue weighted by molar-refractivity contribution is 0.574. The molecule has 1 aromatic carbocycles. The van der Waals surface area contributed by atoms with Crippen molar-refractivity contribution in [3.05, 3.63) is 24.0 Å². The number of aromatic amines is 1. The first-order valence-corrected chi connectivity index (χ1v) is 8.28. The van der Waals surface area contributed by atoms with Crippen molar-refractivity contribution in [3.8, 4) is 0 Å². The maximum atomic E-state index is 11.8. The molecular formula is C13H17N3O2S. The summed E-state index contributed by atoms with van der Waals surface area (Å²) in [6, 6.07) is 5.59. The van der Waals surface area contributed by atoms with Gasteiger partial charge in [0.05, 0.1) is 10.4 Å². The number of hydrogen-bond donors (Lipinski definition) is 2. The Bertz CT molecular complexity index is 721. The predicted molar refractivity (Wildman–Crippen MR) is 74.0 cm³/mol. The summed E-state index contributed by atoms with van der Waals surface area (Å²) in [6.45, 7) is 3.10. The van der Waals surface area contributed by atoms with Gasteiger partial charge in [-0.05, 0) is 32.0 Å². The number of nitrogens with one attached hydrogen (secondary N) is 2. The highest BCUT2D eigenvalue weighted by Crippen LogP contribution is 2.29. The molecule has 19 heavy (non-hydrogen) atoms. The lowest BCUT2D eigenvalue weighted by Gasteiger charge is -2.11. The maximum absolute atomic E-state index is 11.8. The molecule has 1 aliphatic heterocycles. The molecular weight excluding hydrogens is 262 g/mol. The van der Waals surface area contributed by atoms with Crippen molar-refractivity contribution in [3.63, 3.8) is 0 Å². The van der Waals surface area contributed by atoms with Crippen LogP contribution in [0.25, 0.3) is 11.0 Å². The van der Waals surface area contributed by atoms with Gasteiger partial charge in [-0.2, -0.15) is 0 Å². The van der Waals surface area contributed by atoms with Crippen molar-refractivity contribution in [1.82, 2.24) is 15.3 Å². The summed E-state index contributed by atoms with van der Waals surface area (Å²) in [7, 11) is -3.25. The molecule has 2 unspecified atom stereocenters. The average molecular weight is 279 g/mol. The number of benzene rings is 1. The third-order valence-electron chi connectivity index (χ3n) is 3.77. The third kappa shape index (κ3) is 2.15. The summed E-state index contributed by atoms with van der Waals surface area (Å²) in [5.41, 5.74) is 1.34. The number of hydrogen-bond acceptors (Lipinski definition) is 4. The predicted octanol–water partition coefficient (Wildman–Crippen LogP) is 1.43. The van der Waals surface area contributed by atoms with Gasteiger partial charge in [-0.3, -0.25) is 0 Å². The molecule has 0 radical (unpaired) electrons. The van der Waals surface area contributed by atoms with Crippen molar-refractivity contribution in [2.45, 2.75) is 30.2 Å². The largest absolute Gasteiger partial charge is 0.342 e. The normalized spacial score (nSPS) is 24.1. The van der Waals surface area contributed by atoms with Crippen molar-refractivity contribution < 1.29 is 8.42 Å². The molecule has 0 bridgehead atoms. The quantitative estimate of drug-likeness (QED) is 0.872. The third-order valence-corrected chi connectivity index (χ3v) is 4.90. The lowest BCUT2D eigenvalue weighted by Crippen LogP contribution is -2.22. The van der Waals surface area contributed by atoms with Crippen molar-refractivity contribution in [2.75, 3.05) is 12.8 Å². The highest BCUT2D eigenvalue weighted by molar-refractivity contribution is 7.91. The molecule has 0 spiro atoms. The molecule has 2 heterocycles. The standard InChI is InChI=1S/C13H17N3O2S/c1-8-9(6-7-14-8)13-15-10-4-3-5-11(12(10)16-13)19(2,17)18/h3-5,8-9,14H,6-7H2,1-2H3,(H,15,16). The van der Waals surface area contributed by atoms with Gasteiger partial charge in [-0.25, -0.2) is 13.4 Å². The Morgan fingerprint density at radius 2 is 2.16 bits per heavy atom. The number of fused-ring (bicyclic) bond motifs is 1. The van der Waals surface area contributed by atoms with E-state index < -0.39 is 9.84 Å². The first kappa shape index (κ1) is 12.6. The van der Waals surface area contributed by atoms with Crippen LogP contribution in [0.1, 0.15) is 25.1 Å². The topological polar surface area (TPSA) is 74.8 Å². The smallest absolute Gasteiger partial charge is 0.177 e. The molecule has 2 aromatic rings. The van der Waals surface area contributed by atoms with Gasteiger partial charge in [-0.15, -0.1) is 0 Å². The second-order valence-electron chi connectivity index (χ2n) is 5.18. The van der Waals surface area contributed by atoms with Gasteiger partial charge < -0.3 is 10.3 Å². The monoisotopic (exact) mass is 279 g/mol. The van der Waals surface area contributed by atoms with Gasteiger partial charge in [-0.1, -0.05) is 6.07 Å². The van der Waals surface area contributed by atoms with E-state index in [4.69, 9.17) is 0 Å². The van der Waals surface area contributed by atoms with Crippen LogP contribution in [0, 0.1) is 0 Å². The number of rotatable bonds is 2.